The van der Waals surface area contributed by atoms with Crippen LogP contribution < -0.4 is 0 Å². The van der Waals surface area contributed by atoms with Crippen molar-refractivity contribution < 1.29 is 4.79 Å². The molecule has 1 atom stereocenters. The molecule has 0 aromatic rings. The maximum atomic E-state index is 10.9. The molecule has 2 nitrogen and oxygen atoms in total. The monoisotopic (exact) mass is 125 g/mol. The molecule has 0 aromatic heterocycles. The molecular weight excluding hydrogens is 114 g/mol. The number of ketones is 1. The normalized spacial score (nSPS) is 29.0. The molecule has 1 unspecified atom stereocenters. The first kappa shape index (κ1) is 6.49. The van der Waals surface area contributed by atoms with Crippen LogP contribution in [-0.4, -0.2) is 30.3 Å². The quantitative estimate of drug-likeness (QED) is 0.474. The minimum atomic E-state index is -0.00926. The van der Waals surface area contributed by atoms with Gasteiger partial charge in [0.2, 0.25) is 0 Å². The molecule has 0 amide bonds. The van der Waals surface area contributed by atoms with Gasteiger partial charge in [-0.25, -0.2) is 0 Å². The molecule has 1 saturated heterocycles. The van der Waals surface area contributed by atoms with Gasteiger partial charge in [0, 0.05) is 13.0 Å². The first-order valence-corrected chi connectivity index (χ1v) is 3.11. The third-order valence-electron chi connectivity index (χ3n) is 1.74. The van der Waals surface area contributed by atoms with Crippen LogP contribution in [0, 0.1) is 0 Å². The lowest BCUT2D eigenvalue weighted by Gasteiger charge is -2.11. The van der Waals surface area contributed by atoms with Gasteiger partial charge >= 0.3 is 0 Å². The molecule has 50 valence electrons. The van der Waals surface area contributed by atoms with Crippen molar-refractivity contribution in [3.05, 3.63) is 12.7 Å². The number of carbonyl (C=O) groups is 1. The average molecular weight is 125 g/mol. The van der Waals surface area contributed by atoms with Crippen molar-refractivity contribution in [2.24, 2.45) is 0 Å². The van der Waals surface area contributed by atoms with Crippen molar-refractivity contribution >= 4 is 5.78 Å². The summed E-state index contributed by atoms with van der Waals surface area (Å²) in [4.78, 5) is 12.9. The molecule has 0 spiro atoms. The van der Waals surface area contributed by atoms with E-state index in [0.29, 0.717) is 12.2 Å². The zero-order valence-corrected chi connectivity index (χ0v) is 5.63. The smallest absolute Gasteiger partial charge is 0.155 e. The standard InChI is InChI=1S/C7H11NO/c1-3-6-7(9)4-5-8(6)2/h3,6H,1,4-5H2,2H3. The number of rotatable bonds is 1. The Balaban J connectivity index is 2.65. The van der Waals surface area contributed by atoms with E-state index in [-0.39, 0.29) is 6.04 Å². The maximum absolute atomic E-state index is 10.9. The Hall–Kier alpha value is -0.630. The molecule has 1 rings (SSSR count). The van der Waals surface area contributed by atoms with Gasteiger partial charge in [-0.1, -0.05) is 6.08 Å². The number of hydrogen-bond acceptors (Lipinski definition) is 2. The summed E-state index contributed by atoms with van der Waals surface area (Å²) < 4.78 is 0. The van der Waals surface area contributed by atoms with Crippen LogP contribution in [0.5, 0.6) is 0 Å². The first-order valence-electron chi connectivity index (χ1n) is 3.11. The molecule has 0 radical (unpaired) electrons. The van der Waals surface area contributed by atoms with E-state index in [1.807, 2.05) is 11.9 Å². The van der Waals surface area contributed by atoms with E-state index in [9.17, 15) is 4.79 Å². The fourth-order valence-electron chi connectivity index (χ4n) is 1.13. The molecule has 1 heterocycles. The summed E-state index contributed by atoms with van der Waals surface area (Å²) in [5, 5.41) is 0. The highest BCUT2D eigenvalue weighted by atomic mass is 16.1. The van der Waals surface area contributed by atoms with Gasteiger partial charge in [0.15, 0.2) is 5.78 Å². The number of carbonyl (C=O) groups excluding carboxylic acids is 1. The van der Waals surface area contributed by atoms with Crippen LogP contribution in [0.15, 0.2) is 12.7 Å². The highest BCUT2D eigenvalue weighted by Crippen LogP contribution is 2.10. The van der Waals surface area contributed by atoms with E-state index in [4.69, 9.17) is 0 Å². The molecular formula is C7H11NO. The molecule has 2 heteroatoms. The number of hydrogen-bond donors (Lipinski definition) is 0. The van der Waals surface area contributed by atoms with Gasteiger partial charge in [-0.05, 0) is 7.05 Å². The predicted octanol–water partition coefficient (Wildman–Crippen LogP) is 0.446. The van der Waals surface area contributed by atoms with Crippen LogP contribution in [0.2, 0.25) is 0 Å². The molecule has 1 aliphatic rings. The van der Waals surface area contributed by atoms with Gasteiger partial charge in [0.25, 0.3) is 0 Å². The summed E-state index contributed by atoms with van der Waals surface area (Å²) in [5.74, 6) is 0.299. The van der Waals surface area contributed by atoms with E-state index < -0.39 is 0 Å². The summed E-state index contributed by atoms with van der Waals surface area (Å²) >= 11 is 0. The third kappa shape index (κ3) is 1.03. The summed E-state index contributed by atoms with van der Waals surface area (Å²) in [7, 11) is 1.94. The first-order chi connectivity index (χ1) is 4.25. The number of likely N-dealkylation sites (N-methyl/N-ethyl adjacent to an activating group) is 1. The van der Waals surface area contributed by atoms with E-state index in [0.717, 1.165) is 6.54 Å². The second-order valence-electron chi connectivity index (χ2n) is 2.38. The number of Topliss-reactive ketones (excluding diaryl/α,β-unsaturated/α-hetero) is 1. The van der Waals surface area contributed by atoms with Crippen LogP contribution in [0.25, 0.3) is 0 Å². The minimum absolute atomic E-state index is 0.00926. The zero-order chi connectivity index (χ0) is 6.85. The van der Waals surface area contributed by atoms with Gasteiger partial charge in [0.1, 0.15) is 0 Å². The fourth-order valence-corrected chi connectivity index (χ4v) is 1.13. The van der Waals surface area contributed by atoms with Crippen LogP contribution in [0.4, 0.5) is 0 Å². The summed E-state index contributed by atoms with van der Waals surface area (Å²) in [6, 6.07) is -0.00926. The molecule has 0 aromatic carbocycles. The molecule has 0 N–H and O–H groups in total. The SMILES string of the molecule is C=CC1C(=O)CCN1C. The molecule has 1 fully saturated rings. The Morgan fingerprint density at radius 2 is 2.56 bits per heavy atom. The summed E-state index contributed by atoms with van der Waals surface area (Å²) in [6.07, 6.45) is 2.39. The minimum Gasteiger partial charge on any atom is -0.298 e. The van der Waals surface area contributed by atoms with Gasteiger partial charge in [-0.15, -0.1) is 6.58 Å². The average Bonchev–Trinajstić information content (AvgIpc) is 2.12. The van der Waals surface area contributed by atoms with E-state index in [1.165, 1.54) is 0 Å². The second kappa shape index (κ2) is 2.31. The predicted molar refractivity (Wildman–Crippen MR) is 36.2 cm³/mol. The van der Waals surface area contributed by atoms with Crippen molar-refractivity contribution in [2.45, 2.75) is 12.5 Å². The Morgan fingerprint density at radius 3 is 2.78 bits per heavy atom. The number of likely N-dealkylation sites (tertiary alicyclic amines) is 1. The highest BCUT2D eigenvalue weighted by molar-refractivity contribution is 5.87. The van der Waals surface area contributed by atoms with E-state index >= 15 is 0 Å². The Labute approximate surface area is 55.2 Å². The Morgan fingerprint density at radius 1 is 1.89 bits per heavy atom. The van der Waals surface area contributed by atoms with Crippen molar-refractivity contribution in [2.75, 3.05) is 13.6 Å². The summed E-state index contributed by atoms with van der Waals surface area (Å²) in [6.45, 7) is 4.47. The lowest BCUT2D eigenvalue weighted by molar-refractivity contribution is -0.118. The molecule has 0 saturated carbocycles. The van der Waals surface area contributed by atoms with Gasteiger partial charge in [-0.2, -0.15) is 0 Å². The van der Waals surface area contributed by atoms with Crippen LogP contribution >= 0.6 is 0 Å². The second-order valence-corrected chi connectivity index (χ2v) is 2.38. The van der Waals surface area contributed by atoms with Gasteiger partial charge < -0.3 is 0 Å². The molecule has 1 aliphatic heterocycles. The van der Waals surface area contributed by atoms with Crippen LogP contribution in [0.1, 0.15) is 6.42 Å². The highest BCUT2D eigenvalue weighted by Gasteiger charge is 2.25. The van der Waals surface area contributed by atoms with Gasteiger partial charge in [0.05, 0.1) is 6.04 Å². The number of nitrogens with zero attached hydrogens (tertiary/aromatic N) is 1. The largest absolute Gasteiger partial charge is 0.298 e. The van der Waals surface area contributed by atoms with Crippen LogP contribution in [-0.2, 0) is 4.79 Å². The van der Waals surface area contributed by atoms with Crippen molar-refractivity contribution in [1.29, 1.82) is 0 Å². The lowest BCUT2D eigenvalue weighted by Crippen LogP contribution is -2.26. The Kier molecular flexibility index (Phi) is 1.67. The maximum Gasteiger partial charge on any atom is 0.155 e. The third-order valence-corrected chi connectivity index (χ3v) is 1.74. The zero-order valence-electron chi connectivity index (χ0n) is 5.63. The van der Waals surface area contributed by atoms with Crippen molar-refractivity contribution in [3.8, 4) is 0 Å². The van der Waals surface area contributed by atoms with Crippen molar-refractivity contribution in [1.82, 2.24) is 4.90 Å². The van der Waals surface area contributed by atoms with E-state index in [1.54, 1.807) is 6.08 Å². The topological polar surface area (TPSA) is 20.3 Å². The molecule has 9 heavy (non-hydrogen) atoms. The van der Waals surface area contributed by atoms with Crippen LogP contribution in [0.3, 0.4) is 0 Å². The van der Waals surface area contributed by atoms with Crippen molar-refractivity contribution in [3.63, 3.8) is 0 Å². The van der Waals surface area contributed by atoms with Gasteiger partial charge in [-0.3, -0.25) is 9.69 Å². The molecule has 0 aliphatic carbocycles. The fraction of sp³-hybridized carbons (Fsp3) is 0.571. The Bertz CT molecular complexity index is 142. The molecule has 0 bridgehead atoms. The summed E-state index contributed by atoms with van der Waals surface area (Å²) in [5.41, 5.74) is 0. The lowest BCUT2D eigenvalue weighted by atomic mass is 10.2. The van der Waals surface area contributed by atoms with E-state index in [2.05, 4.69) is 6.58 Å².